The molecule has 0 aliphatic heterocycles. The Morgan fingerprint density at radius 2 is 1.81 bits per heavy atom. The number of nitrogens with zero attached hydrogens (tertiary/aromatic N) is 2. The minimum atomic E-state index is -0.0235. The van der Waals surface area contributed by atoms with Crippen molar-refractivity contribution in [3.05, 3.63) is 59.9 Å². The van der Waals surface area contributed by atoms with Crippen molar-refractivity contribution >= 4 is 29.6 Å². The number of anilines is 2. The monoisotopic (exact) mass is 450 g/mol. The van der Waals surface area contributed by atoms with Gasteiger partial charge in [0.2, 0.25) is 5.91 Å². The first-order chi connectivity index (χ1) is 15.7. The number of imidazole rings is 1. The van der Waals surface area contributed by atoms with Crippen LogP contribution in [0.1, 0.15) is 43.2 Å². The van der Waals surface area contributed by atoms with Gasteiger partial charge in [0.1, 0.15) is 5.82 Å². The van der Waals surface area contributed by atoms with Crippen molar-refractivity contribution in [3.8, 4) is 11.3 Å². The van der Waals surface area contributed by atoms with Gasteiger partial charge in [-0.1, -0.05) is 61.5 Å². The highest BCUT2D eigenvalue weighted by atomic mass is 32.2. The van der Waals surface area contributed by atoms with Gasteiger partial charge in [0.25, 0.3) is 0 Å². The van der Waals surface area contributed by atoms with Gasteiger partial charge in [0.05, 0.1) is 18.3 Å². The van der Waals surface area contributed by atoms with E-state index in [0.717, 1.165) is 39.9 Å². The smallest absolute Gasteiger partial charge is 0.224 e. The van der Waals surface area contributed by atoms with Crippen molar-refractivity contribution in [2.45, 2.75) is 45.1 Å². The Morgan fingerprint density at radius 1 is 1.03 bits per heavy atom. The molecule has 0 radical (unpaired) electrons. The molecule has 2 heterocycles. The largest absolute Gasteiger partial charge is 0.369 e. The van der Waals surface area contributed by atoms with Crippen molar-refractivity contribution in [3.63, 3.8) is 0 Å². The molecule has 168 valence electrons. The van der Waals surface area contributed by atoms with E-state index in [9.17, 15) is 4.79 Å². The summed E-state index contributed by atoms with van der Waals surface area (Å²) >= 11 is 1.74. The summed E-state index contributed by atoms with van der Waals surface area (Å²) in [4.78, 5) is 23.8. The molecule has 1 fully saturated rings. The maximum atomic E-state index is 12.3. The number of hydrogen-bond acceptors (Lipinski definition) is 6. The van der Waals surface area contributed by atoms with Gasteiger partial charge in [0.15, 0.2) is 5.95 Å². The molecule has 1 aliphatic carbocycles. The van der Waals surface area contributed by atoms with Gasteiger partial charge in [-0.2, -0.15) is 0 Å². The Balaban J connectivity index is 1.18. The van der Waals surface area contributed by atoms with Crippen molar-refractivity contribution in [2.24, 2.45) is 5.92 Å². The summed E-state index contributed by atoms with van der Waals surface area (Å²) in [6.07, 6.45) is 10.6. The van der Waals surface area contributed by atoms with Crippen molar-refractivity contribution in [1.82, 2.24) is 20.3 Å². The predicted molar refractivity (Wildman–Crippen MR) is 131 cm³/mol. The number of rotatable bonds is 9. The second-order valence-electron chi connectivity index (χ2n) is 8.30. The van der Waals surface area contributed by atoms with Crippen LogP contribution in [0.2, 0.25) is 0 Å². The lowest BCUT2D eigenvalue weighted by Crippen LogP contribution is -2.24. The van der Waals surface area contributed by atoms with Gasteiger partial charge in [-0.25, -0.2) is 9.97 Å². The molecule has 1 amide bonds. The third-order valence-electron chi connectivity index (χ3n) is 5.76. The second-order valence-corrected chi connectivity index (χ2v) is 9.13. The van der Waals surface area contributed by atoms with Gasteiger partial charge < -0.3 is 20.8 Å². The Morgan fingerprint density at radius 3 is 2.50 bits per heavy atom. The van der Waals surface area contributed by atoms with Crippen LogP contribution < -0.4 is 15.8 Å². The SMILES string of the molecule is Nc1ncc(-c2ccc(CNC(=O)Cc3ccc(NSCC4CCCCC4)nc3)cc2)[nH]1. The summed E-state index contributed by atoms with van der Waals surface area (Å²) in [5.41, 5.74) is 9.43. The van der Waals surface area contributed by atoms with Crippen LogP contribution in [0.25, 0.3) is 11.3 Å². The minimum absolute atomic E-state index is 0.0235. The molecule has 0 bridgehead atoms. The molecule has 0 atom stereocenters. The molecule has 4 rings (SSSR count). The summed E-state index contributed by atoms with van der Waals surface area (Å²) < 4.78 is 3.33. The van der Waals surface area contributed by atoms with Gasteiger partial charge in [-0.05, 0) is 41.5 Å². The topological polar surface area (TPSA) is 109 Å². The molecule has 7 nitrogen and oxygen atoms in total. The van der Waals surface area contributed by atoms with Crippen LogP contribution in [0, 0.1) is 5.92 Å². The molecule has 2 aromatic heterocycles. The zero-order valence-corrected chi connectivity index (χ0v) is 19.0. The highest BCUT2D eigenvalue weighted by Crippen LogP contribution is 2.27. The van der Waals surface area contributed by atoms with Crippen molar-refractivity contribution in [2.75, 3.05) is 16.2 Å². The molecule has 0 unspecified atom stereocenters. The lowest BCUT2D eigenvalue weighted by Gasteiger charge is -2.20. The first-order valence-electron chi connectivity index (χ1n) is 11.1. The van der Waals surface area contributed by atoms with Gasteiger partial charge >= 0.3 is 0 Å². The van der Waals surface area contributed by atoms with Crippen LogP contribution in [-0.4, -0.2) is 26.6 Å². The molecular weight excluding hydrogens is 420 g/mol. The predicted octanol–water partition coefficient (Wildman–Crippen LogP) is 4.55. The Kier molecular flexibility index (Phi) is 7.66. The number of H-pyrrole nitrogens is 1. The lowest BCUT2D eigenvalue weighted by atomic mass is 9.91. The second kappa shape index (κ2) is 11.0. The van der Waals surface area contributed by atoms with Crippen LogP contribution in [0.3, 0.4) is 0 Å². The van der Waals surface area contributed by atoms with Crippen LogP contribution in [0.15, 0.2) is 48.8 Å². The number of carbonyl (C=O) groups is 1. The van der Waals surface area contributed by atoms with E-state index in [2.05, 4.69) is 25.0 Å². The molecule has 5 N–H and O–H groups in total. The fourth-order valence-corrected chi connectivity index (χ4v) is 4.83. The number of nitrogen functional groups attached to an aromatic ring is 1. The standard InChI is InChI=1S/C24H30N6OS/c25-24-28-15-21(29-24)20-9-6-17(7-10-20)13-27-23(31)12-19-8-11-22(26-14-19)30-32-16-18-4-2-1-3-5-18/h6-11,14-15,18H,1-5,12-13,16H2,(H,26,30)(H,27,31)(H3,25,28,29). The Bertz CT molecular complexity index is 996. The van der Waals surface area contributed by atoms with E-state index < -0.39 is 0 Å². The maximum absolute atomic E-state index is 12.3. The Labute approximate surface area is 193 Å². The molecule has 8 heteroatoms. The summed E-state index contributed by atoms with van der Waals surface area (Å²) in [7, 11) is 0. The van der Waals surface area contributed by atoms with Gasteiger partial charge in [-0.15, -0.1) is 0 Å². The van der Waals surface area contributed by atoms with Gasteiger partial charge in [0, 0.05) is 18.5 Å². The van der Waals surface area contributed by atoms with E-state index in [0.29, 0.717) is 18.9 Å². The zero-order chi connectivity index (χ0) is 22.2. The van der Waals surface area contributed by atoms with Crippen LogP contribution >= 0.6 is 11.9 Å². The third-order valence-corrected chi connectivity index (χ3v) is 6.75. The summed E-state index contributed by atoms with van der Waals surface area (Å²) in [6.45, 7) is 0.481. The zero-order valence-electron chi connectivity index (χ0n) is 18.1. The number of pyridine rings is 1. The first kappa shape index (κ1) is 22.2. The van der Waals surface area contributed by atoms with Crippen LogP contribution in [-0.2, 0) is 17.8 Å². The van der Waals surface area contributed by atoms with E-state index in [1.165, 1.54) is 32.1 Å². The van der Waals surface area contributed by atoms with Crippen molar-refractivity contribution in [1.29, 1.82) is 0 Å². The first-order valence-corrected chi connectivity index (χ1v) is 12.1. The number of hydrogen-bond donors (Lipinski definition) is 4. The van der Waals surface area contributed by atoms with E-state index >= 15 is 0 Å². The van der Waals surface area contributed by atoms with Gasteiger partial charge in [-0.3, -0.25) is 4.79 Å². The number of benzene rings is 1. The third kappa shape index (κ3) is 6.50. The van der Waals surface area contributed by atoms with E-state index in [-0.39, 0.29) is 5.91 Å². The van der Waals surface area contributed by atoms with E-state index in [4.69, 9.17) is 5.73 Å². The lowest BCUT2D eigenvalue weighted by molar-refractivity contribution is -0.120. The normalized spacial score (nSPS) is 14.2. The summed E-state index contributed by atoms with van der Waals surface area (Å²) in [5.74, 6) is 3.17. The molecule has 32 heavy (non-hydrogen) atoms. The average molecular weight is 451 g/mol. The van der Waals surface area contributed by atoms with Crippen LogP contribution in [0.4, 0.5) is 11.8 Å². The molecule has 0 spiro atoms. The summed E-state index contributed by atoms with van der Waals surface area (Å²) in [6, 6.07) is 11.8. The quantitative estimate of drug-likeness (QED) is 0.356. The highest BCUT2D eigenvalue weighted by Gasteiger charge is 2.13. The fraction of sp³-hybridized carbons (Fsp3) is 0.375. The Hall–Kier alpha value is -3.00. The molecule has 1 aromatic carbocycles. The highest BCUT2D eigenvalue weighted by molar-refractivity contribution is 8.00. The number of nitrogens with one attached hydrogen (secondary N) is 3. The maximum Gasteiger partial charge on any atom is 0.224 e. The molecule has 1 aliphatic rings. The van der Waals surface area contributed by atoms with E-state index in [1.807, 2.05) is 36.4 Å². The number of carbonyl (C=O) groups excluding carboxylic acids is 1. The van der Waals surface area contributed by atoms with Crippen molar-refractivity contribution < 1.29 is 4.79 Å². The number of amides is 1. The molecule has 0 saturated heterocycles. The number of aromatic amines is 1. The van der Waals surface area contributed by atoms with Crippen LogP contribution in [0.5, 0.6) is 0 Å². The fourth-order valence-electron chi connectivity index (χ4n) is 3.91. The molecule has 3 aromatic rings. The molecule has 1 saturated carbocycles. The average Bonchev–Trinajstić information content (AvgIpc) is 3.26. The number of nitrogens with two attached hydrogens (primary N) is 1. The van der Waals surface area contributed by atoms with E-state index in [1.54, 1.807) is 24.3 Å². The number of aromatic nitrogens is 3. The summed E-state index contributed by atoms with van der Waals surface area (Å²) in [5, 5.41) is 2.97. The minimum Gasteiger partial charge on any atom is -0.369 e. The molecular formula is C24H30N6OS.